The van der Waals surface area contributed by atoms with Crippen LogP contribution in [0.1, 0.15) is 36.8 Å². The van der Waals surface area contributed by atoms with Crippen molar-refractivity contribution in [1.82, 2.24) is 9.62 Å². The Morgan fingerprint density at radius 2 is 1.72 bits per heavy atom. The number of halogens is 1. The number of sulfonamides is 1. The van der Waals surface area contributed by atoms with Gasteiger partial charge in [0.15, 0.2) is 0 Å². The van der Waals surface area contributed by atoms with E-state index in [1.165, 1.54) is 16.3 Å². The summed E-state index contributed by atoms with van der Waals surface area (Å²) in [6.07, 6.45) is 5.30. The smallest absolute Gasteiger partial charge is 0.243 e. The van der Waals surface area contributed by atoms with E-state index in [9.17, 15) is 13.2 Å². The number of aryl methyl sites for hydroxylation is 2. The van der Waals surface area contributed by atoms with Crippen molar-refractivity contribution in [2.75, 3.05) is 26.2 Å². The number of amides is 1. The lowest BCUT2D eigenvalue weighted by Crippen LogP contribution is -2.43. The number of nitrogens with one attached hydrogen (secondary N) is 1. The second-order valence-corrected chi connectivity index (χ2v) is 10.8. The van der Waals surface area contributed by atoms with Gasteiger partial charge in [-0.15, -0.1) is 0 Å². The third-order valence-corrected chi connectivity index (χ3v) is 8.41. The summed E-state index contributed by atoms with van der Waals surface area (Å²) in [5.41, 5.74) is 2.43. The molecule has 4 rings (SSSR count). The lowest BCUT2D eigenvalue weighted by Gasteiger charge is -2.31. The number of nitrogens with zero attached hydrogens (tertiary/aromatic N) is 1. The van der Waals surface area contributed by atoms with E-state index in [0.29, 0.717) is 54.8 Å². The van der Waals surface area contributed by atoms with Gasteiger partial charge in [-0.1, -0.05) is 17.7 Å². The van der Waals surface area contributed by atoms with Crippen molar-refractivity contribution in [3.63, 3.8) is 0 Å². The lowest BCUT2D eigenvalue weighted by atomic mass is 9.92. The molecule has 32 heavy (non-hydrogen) atoms. The van der Waals surface area contributed by atoms with Crippen LogP contribution in [0.3, 0.4) is 0 Å². The maximum absolute atomic E-state index is 13.1. The Labute approximate surface area is 195 Å². The summed E-state index contributed by atoms with van der Waals surface area (Å²) in [6.45, 7) is 1.48. The van der Waals surface area contributed by atoms with Crippen LogP contribution in [0.4, 0.5) is 0 Å². The third-order valence-electron chi connectivity index (χ3n) is 6.27. The molecular formula is C24H29ClN2O4S. The average Bonchev–Trinajstić information content (AvgIpc) is 2.82. The molecule has 2 aromatic rings. The molecule has 1 aliphatic heterocycles. The largest absolute Gasteiger partial charge is 0.492 e. The predicted molar refractivity (Wildman–Crippen MR) is 125 cm³/mol. The molecule has 8 heteroatoms. The quantitative estimate of drug-likeness (QED) is 0.616. The molecule has 1 N–H and O–H groups in total. The first-order chi connectivity index (χ1) is 15.4. The summed E-state index contributed by atoms with van der Waals surface area (Å²) in [5, 5.41) is 3.54. The van der Waals surface area contributed by atoms with Gasteiger partial charge in [0, 0.05) is 24.0 Å². The van der Waals surface area contributed by atoms with Gasteiger partial charge in [-0.3, -0.25) is 4.79 Å². The van der Waals surface area contributed by atoms with Gasteiger partial charge < -0.3 is 10.1 Å². The standard InChI is InChI=1S/C24H29ClN2O4S/c25-21-6-8-22(9-7-21)31-16-13-26-24(28)19-11-14-27(15-12-19)32(29,30)23-10-5-18-3-1-2-4-20(18)17-23/h5-10,17,19H,1-4,11-16H2,(H,26,28). The molecule has 0 aromatic heterocycles. The first-order valence-corrected chi connectivity index (χ1v) is 13.0. The fourth-order valence-electron chi connectivity index (χ4n) is 4.40. The molecule has 0 spiro atoms. The zero-order chi connectivity index (χ0) is 22.6. The number of carbonyl (C=O) groups is 1. The zero-order valence-electron chi connectivity index (χ0n) is 18.1. The summed E-state index contributed by atoms with van der Waals surface area (Å²) in [5.74, 6) is 0.473. The Morgan fingerprint density at radius 3 is 2.44 bits per heavy atom. The van der Waals surface area contributed by atoms with E-state index in [2.05, 4.69) is 5.32 Å². The molecule has 6 nitrogen and oxygen atoms in total. The Balaban J connectivity index is 1.25. The van der Waals surface area contributed by atoms with Crippen LogP contribution in [0.25, 0.3) is 0 Å². The molecular weight excluding hydrogens is 448 g/mol. The molecule has 0 unspecified atom stereocenters. The van der Waals surface area contributed by atoms with Crippen molar-refractivity contribution in [1.29, 1.82) is 0 Å². The minimum absolute atomic E-state index is 0.0458. The fraction of sp³-hybridized carbons (Fsp3) is 0.458. The van der Waals surface area contributed by atoms with Crippen LogP contribution in [0.15, 0.2) is 47.4 Å². The molecule has 0 atom stereocenters. The van der Waals surface area contributed by atoms with Gasteiger partial charge in [0.1, 0.15) is 12.4 Å². The summed E-state index contributed by atoms with van der Waals surface area (Å²) in [7, 11) is -3.53. The number of piperidine rings is 1. The van der Waals surface area contributed by atoms with Crippen LogP contribution in [0, 0.1) is 5.92 Å². The molecule has 2 aliphatic rings. The van der Waals surface area contributed by atoms with Crippen LogP contribution in [-0.2, 0) is 27.7 Å². The van der Waals surface area contributed by atoms with Gasteiger partial charge in [0.05, 0.1) is 11.4 Å². The number of carbonyl (C=O) groups excluding carboxylic acids is 1. The van der Waals surface area contributed by atoms with Crippen molar-refractivity contribution < 1.29 is 17.9 Å². The molecule has 0 bridgehead atoms. The second kappa shape index (κ2) is 10.2. The Bertz CT molecular complexity index is 1050. The monoisotopic (exact) mass is 476 g/mol. The topological polar surface area (TPSA) is 75.7 Å². The second-order valence-electron chi connectivity index (χ2n) is 8.41. The Hall–Kier alpha value is -2.09. The van der Waals surface area contributed by atoms with E-state index < -0.39 is 10.0 Å². The van der Waals surface area contributed by atoms with Gasteiger partial charge in [-0.05, 0) is 86.1 Å². The van der Waals surface area contributed by atoms with Crippen molar-refractivity contribution in [3.8, 4) is 5.75 Å². The van der Waals surface area contributed by atoms with E-state index in [1.807, 2.05) is 12.1 Å². The third kappa shape index (κ3) is 5.45. The number of benzene rings is 2. The summed E-state index contributed by atoms with van der Waals surface area (Å²) in [4.78, 5) is 12.9. The summed E-state index contributed by atoms with van der Waals surface area (Å²) < 4.78 is 33.3. The minimum Gasteiger partial charge on any atom is -0.492 e. The maximum Gasteiger partial charge on any atom is 0.243 e. The van der Waals surface area contributed by atoms with Crippen molar-refractivity contribution in [2.45, 2.75) is 43.4 Å². The summed E-state index contributed by atoms with van der Waals surface area (Å²) in [6, 6.07) is 12.6. The maximum atomic E-state index is 13.1. The first-order valence-electron chi connectivity index (χ1n) is 11.2. The molecule has 1 amide bonds. The Morgan fingerprint density at radius 1 is 1.03 bits per heavy atom. The highest BCUT2D eigenvalue weighted by atomic mass is 35.5. The van der Waals surface area contributed by atoms with Crippen LogP contribution in [-0.4, -0.2) is 44.9 Å². The highest BCUT2D eigenvalue weighted by Crippen LogP contribution is 2.28. The predicted octanol–water partition coefficient (Wildman–Crippen LogP) is 3.81. The van der Waals surface area contributed by atoms with E-state index in [1.54, 1.807) is 30.3 Å². The van der Waals surface area contributed by atoms with Crippen LogP contribution < -0.4 is 10.1 Å². The number of hydrogen-bond acceptors (Lipinski definition) is 4. The molecule has 0 saturated carbocycles. The van der Waals surface area contributed by atoms with Gasteiger partial charge in [0.25, 0.3) is 0 Å². The van der Waals surface area contributed by atoms with Crippen molar-refractivity contribution >= 4 is 27.5 Å². The van der Waals surface area contributed by atoms with Crippen molar-refractivity contribution in [2.24, 2.45) is 5.92 Å². The normalized spacial score (nSPS) is 17.5. The van der Waals surface area contributed by atoms with E-state index >= 15 is 0 Å². The van der Waals surface area contributed by atoms with Crippen LogP contribution in [0.2, 0.25) is 5.02 Å². The highest BCUT2D eigenvalue weighted by molar-refractivity contribution is 7.89. The van der Waals surface area contributed by atoms with Crippen LogP contribution in [0.5, 0.6) is 5.75 Å². The summed E-state index contributed by atoms with van der Waals surface area (Å²) >= 11 is 5.85. The fourth-order valence-corrected chi connectivity index (χ4v) is 6.04. The molecule has 0 radical (unpaired) electrons. The SMILES string of the molecule is O=C(NCCOc1ccc(Cl)cc1)C1CCN(S(=O)(=O)c2ccc3c(c2)CCCC3)CC1. The highest BCUT2D eigenvalue weighted by Gasteiger charge is 2.32. The molecule has 1 fully saturated rings. The minimum atomic E-state index is -3.53. The average molecular weight is 477 g/mol. The lowest BCUT2D eigenvalue weighted by molar-refractivity contribution is -0.126. The number of rotatable bonds is 7. The number of fused-ring (bicyclic) bond motifs is 1. The molecule has 2 aromatic carbocycles. The van der Waals surface area contributed by atoms with Gasteiger partial charge in [0.2, 0.25) is 15.9 Å². The molecule has 1 aliphatic carbocycles. The first kappa shape index (κ1) is 23.1. The van der Waals surface area contributed by atoms with E-state index in [0.717, 1.165) is 24.8 Å². The zero-order valence-corrected chi connectivity index (χ0v) is 19.6. The van der Waals surface area contributed by atoms with E-state index in [-0.39, 0.29) is 11.8 Å². The van der Waals surface area contributed by atoms with Gasteiger partial charge in [-0.25, -0.2) is 8.42 Å². The van der Waals surface area contributed by atoms with Crippen LogP contribution >= 0.6 is 11.6 Å². The molecule has 1 saturated heterocycles. The number of ether oxygens (including phenoxy) is 1. The molecule has 172 valence electrons. The van der Waals surface area contributed by atoms with Gasteiger partial charge >= 0.3 is 0 Å². The Kier molecular flexibility index (Phi) is 7.38. The van der Waals surface area contributed by atoms with E-state index in [4.69, 9.17) is 16.3 Å². The van der Waals surface area contributed by atoms with Crippen molar-refractivity contribution in [3.05, 3.63) is 58.6 Å². The molecule has 1 heterocycles. The van der Waals surface area contributed by atoms with Gasteiger partial charge in [-0.2, -0.15) is 4.31 Å². The number of hydrogen-bond donors (Lipinski definition) is 1.